The van der Waals surface area contributed by atoms with Crippen molar-refractivity contribution in [3.63, 3.8) is 0 Å². The van der Waals surface area contributed by atoms with E-state index in [1.807, 2.05) is 27.0 Å². The Morgan fingerprint density at radius 2 is 2.33 bits per heavy atom. The smallest absolute Gasteiger partial charge is 0.191 e. The van der Waals surface area contributed by atoms with Gasteiger partial charge in [0, 0.05) is 30.8 Å². The number of aliphatic hydroxyl groups is 1. The zero-order chi connectivity index (χ0) is 13.4. The highest BCUT2D eigenvalue weighted by Gasteiger charge is 2.03. The molecule has 1 unspecified atom stereocenters. The zero-order valence-electron chi connectivity index (χ0n) is 11.2. The van der Waals surface area contributed by atoms with E-state index < -0.39 is 0 Å². The topological polar surface area (TPSA) is 69.5 Å². The molecule has 0 saturated carbocycles. The molecule has 0 bridgehead atoms. The molecule has 5 nitrogen and oxygen atoms in total. The second kappa shape index (κ2) is 8.05. The summed E-state index contributed by atoms with van der Waals surface area (Å²) in [5.74, 6) is 0.988. The van der Waals surface area contributed by atoms with E-state index in [1.54, 1.807) is 11.3 Å². The van der Waals surface area contributed by atoms with E-state index in [1.165, 1.54) is 4.88 Å². The summed E-state index contributed by atoms with van der Waals surface area (Å²) in [5, 5.41) is 16.4. The van der Waals surface area contributed by atoms with Crippen LogP contribution in [0.3, 0.4) is 0 Å². The molecule has 0 amide bonds. The summed E-state index contributed by atoms with van der Waals surface area (Å²) in [5.41, 5.74) is 0. The van der Waals surface area contributed by atoms with Crippen molar-refractivity contribution in [3.8, 4) is 0 Å². The minimum Gasteiger partial charge on any atom is -0.396 e. The first-order chi connectivity index (χ1) is 8.65. The molecule has 102 valence electrons. The first-order valence-corrected chi connectivity index (χ1v) is 7.01. The molecule has 0 saturated heterocycles. The van der Waals surface area contributed by atoms with Gasteiger partial charge in [0.05, 0.1) is 6.54 Å². The molecule has 1 heterocycles. The molecule has 0 spiro atoms. The van der Waals surface area contributed by atoms with Crippen LogP contribution >= 0.6 is 11.3 Å². The summed E-state index contributed by atoms with van der Waals surface area (Å²) in [7, 11) is 0. The second-order valence-electron chi connectivity index (χ2n) is 4.23. The molecule has 1 aromatic heterocycles. The number of aryl methyl sites for hydroxylation is 1. The highest BCUT2D eigenvalue weighted by atomic mass is 32.1. The number of aliphatic hydroxyl groups excluding tert-OH is 1. The Morgan fingerprint density at radius 1 is 1.56 bits per heavy atom. The van der Waals surface area contributed by atoms with E-state index >= 15 is 0 Å². The predicted octanol–water partition coefficient (Wildman–Crippen LogP) is 1.14. The molecule has 0 aromatic carbocycles. The minimum atomic E-state index is 0.179. The third kappa shape index (κ3) is 5.46. The summed E-state index contributed by atoms with van der Waals surface area (Å²) >= 11 is 1.66. The van der Waals surface area contributed by atoms with Crippen LogP contribution in [0.1, 0.15) is 23.7 Å². The van der Waals surface area contributed by atoms with Gasteiger partial charge in [-0.15, -0.1) is 11.3 Å². The average Bonchev–Trinajstić information content (AvgIpc) is 2.78. The number of aliphatic imine (C=N–C) groups is 1. The monoisotopic (exact) mass is 270 g/mol. The molecule has 0 radical (unpaired) electrons. The van der Waals surface area contributed by atoms with E-state index in [4.69, 9.17) is 5.11 Å². The van der Waals surface area contributed by atoms with Gasteiger partial charge in [-0.3, -0.25) is 0 Å². The minimum absolute atomic E-state index is 0.179. The maximum Gasteiger partial charge on any atom is 0.191 e. The lowest BCUT2D eigenvalue weighted by Crippen LogP contribution is -2.39. The second-order valence-corrected chi connectivity index (χ2v) is 5.55. The van der Waals surface area contributed by atoms with E-state index in [-0.39, 0.29) is 12.5 Å². The van der Waals surface area contributed by atoms with Gasteiger partial charge in [0.25, 0.3) is 0 Å². The molecule has 0 aliphatic heterocycles. The summed E-state index contributed by atoms with van der Waals surface area (Å²) in [6.07, 6.45) is 1.86. The fourth-order valence-electron chi connectivity index (χ4n) is 1.30. The van der Waals surface area contributed by atoms with Crippen LogP contribution in [0.2, 0.25) is 0 Å². The van der Waals surface area contributed by atoms with Gasteiger partial charge in [0.1, 0.15) is 5.01 Å². The van der Waals surface area contributed by atoms with Gasteiger partial charge in [0.15, 0.2) is 5.96 Å². The fraction of sp³-hybridized carbons (Fsp3) is 0.667. The van der Waals surface area contributed by atoms with Crippen molar-refractivity contribution in [3.05, 3.63) is 16.1 Å². The summed E-state index contributed by atoms with van der Waals surface area (Å²) in [6, 6.07) is 0. The van der Waals surface area contributed by atoms with Crippen LogP contribution in [0.25, 0.3) is 0 Å². The third-order valence-corrected chi connectivity index (χ3v) is 3.21. The number of guanidine groups is 1. The lowest BCUT2D eigenvalue weighted by molar-refractivity contribution is 0.238. The van der Waals surface area contributed by atoms with Crippen LogP contribution in [-0.2, 0) is 6.54 Å². The van der Waals surface area contributed by atoms with Gasteiger partial charge >= 0.3 is 0 Å². The lowest BCUT2D eigenvalue weighted by atomic mass is 10.2. The predicted molar refractivity (Wildman–Crippen MR) is 75.9 cm³/mol. The molecule has 1 atom stereocenters. The lowest BCUT2D eigenvalue weighted by Gasteiger charge is -2.13. The normalized spacial score (nSPS) is 13.4. The molecule has 3 N–H and O–H groups in total. The molecule has 18 heavy (non-hydrogen) atoms. The number of rotatable bonds is 6. The number of thiazole rings is 1. The van der Waals surface area contributed by atoms with Gasteiger partial charge in [0.2, 0.25) is 0 Å². The van der Waals surface area contributed by atoms with Gasteiger partial charge in [-0.2, -0.15) is 0 Å². The number of hydrogen-bond donors (Lipinski definition) is 3. The van der Waals surface area contributed by atoms with E-state index in [9.17, 15) is 0 Å². The Morgan fingerprint density at radius 3 is 2.89 bits per heavy atom. The van der Waals surface area contributed by atoms with Crippen molar-refractivity contribution in [2.45, 2.75) is 27.3 Å². The largest absolute Gasteiger partial charge is 0.396 e. The standard InChI is InChI=1S/C12H22N4OS/c1-4-13-12(15-5-9(2)8-17)16-7-11-14-6-10(3)18-11/h6,9,17H,4-5,7-8H2,1-3H3,(H2,13,15,16). The molecule has 0 fully saturated rings. The van der Waals surface area contributed by atoms with Crippen LogP contribution in [0.4, 0.5) is 0 Å². The maximum absolute atomic E-state index is 8.98. The summed E-state index contributed by atoms with van der Waals surface area (Å²) < 4.78 is 0. The highest BCUT2D eigenvalue weighted by molar-refractivity contribution is 7.11. The molecule has 0 aliphatic carbocycles. The Kier molecular flexibility index (Phi) is 6.67. The van der Waals surface area contributed by atoms with Gasteiger partial charge < -0.3 is 15.7 Å². The zero-order valence-corrected chi connectivity index (χ0v) is 12.0. The maximum atomic E-state index is 8.98. The van der Waals surface area contributed by atoms with Gasteiger partial charge in [-0.1, -0.05) is 6.92 Å². The molecular weight excluding hydrogens is 248 g/mol. The quantitative estimate of drug-likeness (QED) is 0.535. The number of aromatic nitrogens is 1. The van der Waals surface area contributed by atoms with Gasteiger partial charge in [-0.05, 0) is 19.8 Å². The Balaban J connectivity index is 2.49. The van der Waals surface area contributed by atoms with E-state index in [0.29, 0.717) is 13.1 Å². The van der Waals surface area contributed by atoms with Crippen LogP contribution in [0, 0.1) is 12.8 Å². The van der Waals surface area contributed by atoms with Crippen molar-refractivity contribution in [2.24, 2.45) is 10.9 Å². The van der Waals surface area contributed by atoms with Crippen LogP contribution in [0.5, 0.6) is 0 Å². The van der Waals surface area contributed by atoms with Crippen molar-refractivity contribution >= 4 is 17.3 Å². The summed E-state index contributed by atoms with van der Waals surface area (Å²) in [4.78, 5) is 9.94. The summed E-state index contributed by atoms with van der Waals surface area (Å²) in [6.45, 7) is 8.34. The molecule has 0 aliphatic rings. The molecular formula is C12H22N4OS. The average molecular weight is 270 g/mol. The SMILES string of the molecule is CCNC(=NCc1ncc(C)s1)NCC(C)CO. The van der Waals surface area contributed by atoms with Crippen LogP contribution in [0.15, 0.2) is 11.2 Å². The Labute approximate surface area is 112 Å². The number of nitrogens with zero attached hydrogens (tertiary/aromatic N) is 2. The van der Waals surface area contributed by atoms with Crippen molar-refractivity contribution in [2.75, 3.05) is 19.7 Å². The highest BCUT2D eigenvalue weighted by Crippen LogP contribution is 2.11. The first-order valence-electron chi connectivity index (χ1n) is 6.20. The van der Waals surface area contributed by atoms with Crippen molar-refractivity contribution in [1.29, 1.82) is 0 Å². The Bertz CT molecular complexity index is 378. The number of nitrogens with one attached hydrogen (secondary N) is 2. The fourth-order valence-corrected chi connectivity index (χ4v) is 2.01. The Hall–Kier alpha value is -1.14. The number of hydrogen-bond acceptors (Lipinski definition) is 4. The van der Waals surface area contributed by atoms with E-state index in [2.05, 4.69) is 20.6 Å². The molecule has 1 aromatic rings. The first kappa shape index (κ1) is 14.9. The van der Waals surface area contributed by atoms with Crippen LogP contribution < -0.4 is 10.6 Å². The molecule has 1 rings (SSSR count). The van der Waals surface area contributed by atoms with Crippen molar-refractivity contribution in [1.82, 2.24) is 15.6 Å². The third-order valence-electron chi connectivity index (χ3n) is 2.32. The molecule has 6 heteroatoms. The van der Waals surface area contributed by atoms with Crippen molar-refractivity contribution < 1.29 is 5.11 Å². The van der Waals surface area contributed by atoms with Crippen LogP contribution in [-0.4, -0.2) is 35.7 Å². The van der Waals surface area contributed by atoms with E-state index in [0.717, 1.165) is 17.5 Å². The van der Waals surface area contributed by atoms with Gasteiger partial charge in [-0.25, -0.2) is 9.98 Å².